The number of nitrogens with one attached hydrogen (secondary N) is 2. The number of carbonyl (C=O) groups is 3. The molecule has 8 nitrogen and oxygen atoms in total. The summed E-state index contributed by atoms with van der Waals surface area (Å²) in [6.07, 6.45) is 0.654. The van der Waals surface area contributed by atoms with E-state index >= 15 is 0 Å². The van der Waals surface area contributed by atoms with Crippen molar-refractivity contribution in [1.29, 1.82) is 0 Å². The number of nitrogens with zero attached hydrogens (tertiary/aromatic N) is 1. The van der Waals surface area contributed by atoms with E-state index in [4.69, 9.17) is 4.74 Å². The summed E-state index contributed by atoms with van der Waals surface area (Å²) in [4.78, 5) is 41.0. The summed E-state index contributed by atoms with van der Waals surface area (Å²) in [6, 6.07) is 6.50. The molecule has 1 aromatic rings. The van der Waals surface area contributed by atoms with Gasteiger partial charge in [0, 0.05) is 23.9 Å². The molecule has 3 amide bonds. The molecule has 28 heavy (non-hydrogen) atoms. The number of ether oxygens (including phenoxy) is 1. The first-order chi connectivity index (χ1) is 13.4. The summed E-state index contributed by atoms with van der Waals surface area (Å²) in [5.74, 6) is -2.73. The van der Waals surface area contributed by atoms with Gasteiger partial charge in [0.2, 0.25) is 17.7 Å². The number of fused-ring (bicyclic) bond motifs is 4. The predicted molar refractivity (Wildman–Crippen MR) is 98.0 cm³/mol. The Kier molecular flexibility index (Phi) is 3.88. The van der Waals surface area contributed by atoms with Crippen LogP contribution in [0.5, 0.6) is 0 Å². The summed E-state index contributed by atoms with van der Waals surface area (Å²) in [6.45, 7) is 2.41. The SMILES string of the molecule is C[C@H](O)[C@H]1N[C@@]2(C(=O)Nc3ccccc32)[C@H]2C(=O)N(C[C@H]3CCCO3)C(=O)[C@H]12. The van der Waals surface area contributed by atoms with E-state index < -0.39 is 29.5 Å². The lowest BCUT2D eigenvalue weighted by molar-refractivity contribution is -0.144. The molecule has 1 aromatic carbocycles. The van der Waals surface area contributed by atoms with Gasteiger partial charge < -0.3 is 15.2 Å². The molecule has 6 atom stereocenters. The zero-order valence-electron chi connectivity index (χ0n) is 15.6. The van der Waals surface area contributed by atoms with Crippen molar-refractivity contribution in [3.05, 3.63) is 29.8 Å². The maximum Gasteiger partial charge on any atom is 0.250 e. The van der Waals surface area contributed by atoms with E-state index in [0.29, 0.717) is 17.9 Å². The van der Waals surface area contributed by atoms with E-state index in [1.807, 2.05) is 6.07 Å². The number of rotatable bonds is 3. The lowest BCUT2D eigenvalue weighted by atomic mass is 9.76. The van der Waals surface area contributed by atoms with Crippen LogP contribution in [0.4, 0.5) is 5.69 Å². The van der Waals surface area contributed by atoms with Crippen LogP contribution < -0.4 is 10.6 Å². The highest BCUT2D eigenvalue weighted by Gasteiger charge is 2.71. The Morgan fingerprint density at radius 2 is 2.07 bits per heavy atom. The molecule has 0 radical (unpaired) electrons. The second-order valence-corrected chi connectivity index (χ2v) is 8.14. The monoisotopic (exact) mass is 385 g/mol. The van der Waals surface area contributed by atoms with E-state index in [1.165, 1.54) is 4.90 Å². The van der Waals surface area contributed by atoms with Gasteiger partial charge in [-0.3, -0.25) is 24.6 Å². The highest BCUT2D eigenvalue weighted by atomic mass is 16.5. The average molecular weight is 385 g/mol. The molecular weight excluding hydrogens is 362 g/mol. The molecule has 5 rings (SSSR count). The number of aliphatic hydroxyl groups excluding tert-OH is 1. The van der Waals surface area contributed by atoms with Gasteiger partial charge in [-0.05, 0) is 25.8 Å². The molecular formula is C20H23N3O5. The first-order valence-electron chi connectivity index (χ1n) is 9.78. The van der Waals surface area contributed by atoms with Crippen LogP contribution >= 0.6 is 0 Å². The Morgan fingerprint density at radius 1 is 1.29 bits per heavy atom. The average Bonchev–Trinajstić information content (AvgIpc) is 3.41. The summed E-state index contributed by atoms with van der Waals surface area (Å²) < 4.78 is 5.61. The van der Waals surface area contributed by atoms with Crippen LogP contribution in [0.2, 0.25) is 0 Å². The summed E-state index contributed by atoms with van der Waals surface area (Å²) >= 11 is 0. The topological polar surface area (TPSA) is 108 Å². The molecule has 4 heterocycles. The van der Waals surface area contributed by atoms with Gasteiger partial charge in [-0.15, -0.1) is 0 Å². The molecule has 4 aliphatic rings. The van der Waals surface area contributed by atoms with Crippen LogP contribution in [0.15, 0.2) is 24.3 Å². The molecule has 0 aliphatic carbocycles. The maximum absolute atomic E-state index is 13.4. The number of imide groups is 1. The van der Waals surface area contributed by atoms with Gasteiger partial charge in [-0.2, -0.15) is 0 Å². The Morgan fingerprint density at radius 3 is 2.79 bits per heavy atom. The normalized spacial score (nSPS) is 37.5. The number of anilines is 1. The number of likely N-dealkylation sites (tertiary alicyclic amines) is 1. The fourth-order valence-electron chi connectivity index (χ4n) is 5.33. The second kappa shape index (κ2) is 6.10. The van der Waals surface area contributed by atoms with E-state index in [2.05, 4.69) is 10.6 Å². The molecule has 1 spiro atoms. The predicted octanol–water partition coefficient (Wildman–Crippen LogP) is -0.0332. The second-order valence-electron chi connectivity index (χ2n) is 8.14. The van der Waals surface area contributed by atoms with Crippen molar-refractivity contribution in [3.8, 4) is 0 Å². The highest BCUT2D eigenvalue weighted by Crippen LogP contribution is 2.53. The van der Waals surface area contributed by atoms with Crippen molar-refractivity contribution < 1.29 is 24.2 Å². The minimum atomic E-state index is -1.35. The van der Waals surface area contributed by atoms with Crippen molar-refractivity contribution in [2.45, 2.75) is 43.6 Å². The van der Waals surface area contributed by atoms with Crippen molar-refractivity contribution >= 4 is 23.4 Å². The fourth-order valence-corrected chi connectivity index (χ4v) is 5.33. The minimum absolute atomic E-state index is 0.162. The van der Waals surface area contributed by atoms with Gasteiger partial charge in [0.05, 0.1) is 30.6 Å². The molecule has 3 saturated heterocycles. The molecule has 4 aliphatic heterocycles. The Hall–Kier alpha value is -2.29. The van der Waals surface area contributed by atoms with E-state index in [-0.39, 0.29) is 30.4 Å². The first-order valence-corrected chi connectivity index (χ1v) is 9.78. The molecule has 148 valence electrons. The quantitative estimate of drug-likeness (QED) is 0.631. The van der Waals surface area contributed by atoms with E-state index in [9.17, 15) is 19.5 Å². The third kappa shape index (κ3) is 2.19. The van der Waals surface area contributed by atoms with E-state index in [0.717, 1.165) is 12.8 Å². The Bertz CT molecular complexity index is 865. The number of hydrogen-bond donors (Lipinski definition) is 3. The number of benzene rings is 1. The zero-order chi connectivity index (χ0) is 19.6. The van der Waals surface area contributed by atoms with Gasteiger partial charge in [0.25, 0.3) is 0 Å². The van der Waals surface area contributed by atoms with Crippen LogP contribution in [0.25, 0.3) is 0 Å². The third-order valence-corrected chi connectivity index (χ3v) is 6.58. The number of aliphatic hydroxyl groups is 1. The van der Waals surface area contributed by atoms with Crippen LogP contribution in [-0.2, 0) is 24.7 Å². The summed E-state index contributed by atoms with van der Waals surface area (Å²) in [7, 11) is 0. The molecule has 3 N–H and O–H groups in total. The van der Waals surface area contributed by atoms with Crippen LogP contribution in [0, 0.1) is 11.8 Å². The van der Waals surface area contributed by atoms with Gasteiger partial charge in [0.15, 0.2) is 0 Å². The highest BCUT2D eigenvalue weighted by molar-refractivity contribution is 6.15. The van der Waals surface area contributed by atoms with Crippen molar-refractivity contribution in [1.82, 2.24) is 10.2 Å². The summed E-state index contributed by atoms with van der Waals surface area (Å²) in [5, 5.41) is 16.4. The lowest BCUT2D eigenvalue weighted by Crippen LogP contribution is -2.55. The summed E-state index contributed by atoms with van der Waals surface area (Å²) in [5.41, 5.74) is -0.0675. The van der Waals surface area contributed by atoms with Crippen molar-refractivity contribution in [2.75, 3.05) is 18.5 Å². The smallest absolute Gasteiger partial charge is 0.250 e. The van der Waals surface area contributed by atoms with Gasteiger partial charge in [-0.25, -0.2) is 0 Å². The van der Waals surface area contributed by atoms with E-state index in [1.54, 1.807) is 25.1 Å². The Balaban J connectivity index is 1.59. The lowest BCUT2D eigenvalue weighted by Gasteiger charge is -2.30. The number of carbonyl (C=O) groups excluding carboxylic acids is 3. The molecule has 0 aromatic heterocycles. The van der Waals surface area contributed by atoms with Crippen LogP contribution in [0.1, 0.15) is 25.3 Å². The van der Waals surface area contributed by atoms with Gasteiger partial charge >= 0.3 is 0 Å². The first kappa shape index (κ1) is 17.8. The molecule has 3 fully saturated rings. The number of hydrogen-bond acceptors (Lipinski definition) is 6. The standard InChI is InChI=1S/C20H23N3O5/c1-10(24)16-14-15(18(26)23(17(14)25)9-11-5-4-8-28-11)20(22-16)12-6-2-3-7-13(12)21-19(20)27/h2-3,6-7,10-11,14-16,22,24H,4-5,8-9H2,1H3,(H,21,27)/t10-,11+,14-,15+,16+,20+/m0/s1. The molecule has 0 saturated carbocycles. The molecule has 0 bridgehead atoms. The minimum Gasteiger partial charge on any atom is -0.392 e. The fraction of sp³-hybridized carbons (Fsp3) is 0.550. The largest absolute Gasteiger partial charge is 0.392 e. The van der Waals surface area contributed by atoms with Crippen LogP contribution in [-0.4, -0.2) is 59.1 Å². The zero-order valence-corrected chi connectivity index (χ0v) is 15.6. The van der Waals surface area contributed by atoms with Gasteiger partial charge in [0.1, 0.15) is 5.54 Å². The Labute approximate surface area is 162 Å². The number of amides is 3. The maximum atomic E-state index is 13.4. The van der Waals surface area contributed by atoms with Crippen molar-refractivity contribution in [2.24, 2.45) is 11.8 Å². The molecule has 0 unspecified atom stereocenters. The molecule has 8 heteroatoms. The van der Waals surface area contributed by atoms with Crippen molar-refractivity contribution in [3.63, 3.8) is 0 Å². The van der Waals surface area contributed by atoms with Gasteiger partial charge in [-0.1, -0.05) is 18.2 Å². The number of para-hydroxylation sites is 1. The third-order valence-electron chi connectivity index (χ3n) is 6.58. The van der Waals surface area contributed by atoms with Crippen LogP contribution in [0.3, 0.4) is 0 Å².